The molecule has 0 amide bonds. The Morgan fingerprint density at radius 3 is 2.38 bits per heavy atom. The van der Waals surface area contributed by atoms with Crippen LogP contribution in [0.3, 0.4) is 0 Å². The highest BCUT2D eigenvalue weighted by atomic mass is 16.7. The van der Waals surface area contributed by atoms with Crippen molar-refractivity contribution in [1.29, 1.82) is 0 Å². The fraction of sp³-hybridized carbons (Fsp3) is 0.565. The Morgan fingerprint density at radius 1 is 0.931 bits per heavy atom. The molecule has 1 saturated carbocycles. The minimum atomic E-state index is -0.366. The van der Waals surface area contributed by atoms with E-state index < -0.39 is 0 Å². The van der Waals surface area contributed by atoms with Gasteiger partial charge in [-0.15, -0.1) is 0 Å². The van der Waals surface area contributed by atoms with E-state index in [-0.39, 0.29) is 5.79 Å². The average Bonchev–Trinajstić information content (AvgIpc) is 3.23. The Bertz CT molecular complexity index is 807. The molecule has 0 radical (unpaired) electrons. The van der Waals surface area contributed by atoms with Crippen LogP contribution in [0.25, 0.3) is 11.4 Å². The van der Waals surface area contributed by atoms with Crippen molar-refractivity contribution in [2.45, 2.75) is 56.8 Å². The van der Waals surface area contributed by atoms with Gasteiger partial charge in [-0.2, -0.15) is 0 Å². The van der Waals surface area contributed by atoms with E-state index in [2.05, 4.69) is 28.4 Å². The van der Waals surface area contributed by atoms with E-state index in [0.29, 0.717) is 19.3 Å². The Morgan fingerprint density at radius 2 is 1.66 bits per heavy atom. The van der Waals surface area contributed by atoms with Gasteiger partial charge in [-0.25, -0.2) is 9.97 Å². The van der Waals surface area contributed by atoms with Crippen LogP contribution in [0.5, 0.6) is 0 Å². The molecule has 154 valence electrons. The van der Waals surface area contributed by atoms with Gasteiger partial charge in [0, 0.05) is 43.6 Å². The van der Waals surface area contributed by atoms with Gasteiger partial charge < -0.3 is 19.7 Å². The summed E-state index contributed by atoms with van der Waals surface area (Å²) in [4.78, 5) is 12.1. The van der Waals surface area contributed by atoms with Crippen molar-refractivity contribution < 1.29 is 9.47 Å². The van der Waals surface area contributed by atoms with Crippen LogP contribution in [0.1, 0.15) is 44.9 Å². The molecule has 1 N–H and O–H groups in total. The van der Waals surface area contributed by atoms with E-state index in [1.54, 1.807) is 0 Å². The molecule has 6 nitrogen and oxygen atoms in total. The maximum atomic E-state index is 5.89. The number of hydrogen-bond donors (Lipinski definition) is 1. The lowest BCUT2D eigenvalue weighted by Gasteiger charge is -2.38. The SMILES string of the molecule is c1ccc(-c2nc(NC3CCCCC3)cc(N3CCC4(CC3)OCCO4)n2)cc1. The van der Waals surface area contributed by atoms with Crippen LogP contribution in [0, 0.1) is 0 Å². The van der Waals surface area contributed by atoms with Crippen LogP contribution >= 0.6 is 0 Å². The van der Waals surface area contributed by atoms with Crippen molar-refractivity contribution in [2.75, 3.05) is 36.5 Å². The molecule has 1 aromatic heterocycles. The third-order valence-corrected chi connectivity index (χ3v) is 6.36. The molecule has 2 saturated heterocycles. The second kappa shape index (κ2) is 8.28. The summed E-state index contributed by atoms with van der Waals surface area (Å²) in [6.07, 6.45) is 8.15. The van der Waals surface area contributed by atoms with Gasteiger partial charge in [0.05, 0.1) is 13.2 Å². The zero-order valence-electron chi connectivity index (χ0n) is 17.0. The van der Waals surface area contributed by atoms with E-state index >= 15 is 0 Å². The van der Waals surface area contributed by atoms with Crippen LogP contribution in [-0.2, 0) is 9.47 Å². The Balaban J connectivity index is 1.40. The molecule has 1 spiro atoms. The molecule has 0 atom stereocenters. The number of nitrogens with one attached hydrogen (secondary N) is 1. The van der Waals surface area contributed by atoms with E-state index in [4.69, 9.17) is 19.4 Å². The predicted octanol–water partition coefficient (Wildman–Crippen LogP) is 4.23. The number of ether oxygens (including phenoxy) is 2. The summed E-state index contributed by atoms with van der Waals surface area (Å²) < 4.78 is 11.8. The van der Waals surface area contributed by atoms with Crippen molar-refractivity contribution >= 4 is 11.6 Å². The maximum Gasteiger partial charge on any atom is 0.171 e. The molecule has 1 aliphatic carbocycles. The Kier molecular flexibility index (Phi) is 5.38. The van der Waals surface area contributed by atoms with E-state index in [1.165, 1.54) is 32.1 Å². The molecular weight excluding hydrogens is 364 g/mol. The molecular formula is C23H30N4O2. The van der Waals surface area contributed by atoms with Gasteiger partial charge in [-0.1, -0.05) is 49.6 Å². The van der Waals surface area contributed by atoms with Crippen LogP contribution in [-0.4, -0.2) is 48.1 Å². The van der Waals surface area contributed by atoms with Crippen LogP contribution < -0.4 is 10.2 Å². The topological polar surface area (TPSA) is 59.5 Å². The standard InChI is InChI=1S/C23H30N4O2/c1-3-7-18(8-4-1)22-25-20(24-19-9-5-2-6-10-19)17-21(26-22)27-13-11-23(12-14-27)28-15-16-29-23/h1,3-4,7-8,17,19H,2,5-6,9-16H2,(H,24,25,26). The van der Waals surface area contributed by atoms with Gasteiger partial charge >= 0.3 is 0 Å². The highest BCUT2D eigenvalue weighted by Gasteiger charge is 2.40. The molecule has 3 aliphatic rings. The number of anilines is 2. The van der Waals surface area contributed by atoms with Crippen LogP contribution in [0.15, 0.2) is 36.4 Å². The Labute approximate surface area is 172 Å². The summed E-state index contributed by atoms with van der Waals surface area (Å²) in [7, 11) is 0. The lowest BCUT2D eigenvalue weighted by atomic mass is 9.95. The van der Waals surface area contributed by atoms with Gasteiger partial charge in [-0.05, 0) is 12.8 Å². The van der Waals surface area contributed by atoms with Crippen molar-refractivity contribution in [3.8, 4) is 11.4 Å². The monoisotopic (exact) mass is 394 g/mol. The normalized spacial score (nSPS) is 22.1. The Hall–Kier alpha value is -2.18. The lowest BCUT2D eigenvalue weighted by molar-refractivity contribution is -0.169. The lowest BCUT2D eigenvalue weighted by Crippen LogP contribution is -2.45. The van der Waals surface area contributed by atoms with Crippen molar-refractivity contribution in [2.24, 2.45) is 0 Å². The minimum absolute atomic E-state index is 0.366. The summed E-state index contributed by atoms with van der Waals surface area (Å²) in [5.41, 5.74) is 1.05. The number of nitrogens with zero attached hydrogens (tertiary/aromatic N) is 3. The molecule has 2 aliphatic heterocycles. The zero-order chi connectivity index (χ0) is 19.5. The molecule has 2 aromatic rings. The third-order valence-electron chi connectivity index (χ3n) is 6.36. The quantitative estimate of drug-likeness (QED) is 0.837. The summed E-state index contributed by atoms with van der Waals surface area (Å²) >= 11 is 0. The highest BCUT2D eigenvalue weighted by molar-refractivity contribution is 5.62. The van der Waals surface area contributed by atoms with Gasteiger partial charge in [-0.3, -0.25) is 0 Å². The molecule has 1 aromatic carbocycles. The largest absolute Gasteiger partial charge is 0.367 e. The van der Waals surface area contributed by atoms with E-state index in [0.717, 1.165) is 49.0 Å². The number of rotatable bonds is 4. The molecule has 3 fully saturated rings. The fourth-order valence-corrected chi connectivity index (χ4v) is 4.70. The average molecular weight is 395 g/mol. The summed E-state index contributed by atoms with van der Waals surface area (Å²) in [5.74, 6) is 2.35. The first kappa shape index (κ1) is 18.8. The molecule has 29 heavy (non-hydrogen) atoms. The first-order chi connectivity index (χ1) is 14.3. The first-order valence-electron chi connectivity index (χ1n) is 11.0. The van der Waals surface area contributed by atoms with Crippen molar-refractivity contribution in [3.63, 3.8) is 0 Å². The van der Waals surface area contributed by atoms with Crippen LogP contribution in [0.2, 0.25) is 0 Å². The third kappa shape index (κ3) is 4.23. The number of benzene rings is 1. The zero-order valence-corrected chi connectivity index (χ0v) is 17.0. The minimum Gasteiger partial charge on any atom is -0.367 e. The van der Waals surface area contributed by atoms with Gasteiger partial charge in [0.15, 0.2) is 11.6 Å². The molecule has 5 rings (SSSR count). The maximum absolute atomic E-state index is 5.89. The van der Waals surface area contributed by atoms with Gasteiger partial charge in [0.1, 0.15) is 11.6 Å². The predicted molar refractivity (Wildman–Crippen MR) is 114 cm³/mol. The molecule has 3 heterocycles. The molecule has 0 unspecified atom stereocenters. The summed E-state index contributed by atoms with van der Waals surface area (Å²) in [6.45, 7) is 3.18. The number of aromatic nitrogens is 2. The van der Waals surface area contributed by atoms with Crippen molar-refractivity contribution in [1.82, 2.24) is 9.97 Å². The summed E-state index contributed by atoms with van der Waals surface area (Å²) in [5, 5.41) is 3.69. The van der Waals surface area contributed by atoms with Crippen molar-refractivity contribution in [3.05, 3.63) is 36.4 Å². The number of hydrogen-bond acceptors (Lipinski definition) is 6. The highest BCUT2D eigenvalue weighted by Crippen LogP contribution is 2.34. The van der Waals surface area contributed by atoms with Gasteiger partial charge in [0.25, 0.3) is 0 Å². The van der Waals surface area contributed by atoms with Gasteiger partial charge in [0.2, 0.25) is 0 Å². The van der Waals surface area contributed by atoms with Crippen LogP contribution in [0.4, 0.5) is 11.6 Å². The fourth-order valence-electron chi connectivity index (χ4n) is 4.70. The second-order valence-corrected chi connectivity index (χ2v) is 8.37. The summed E-state index contributed by atoms with van der Waals surface area (Å²) in [6, 6.07) is 12.9. The number of piperidine rings is 1. The second-order valence-electron chi connectivity index (χ2n) is 8.37. The molecule has 0 bridgehead atoms. The van der Waals surface area contributed by atoms with E-state index in [9.17, 15) is 0 Å². The smallest absolute Gasteiger partial charge is 0.171 e. The van der Waals surface area contributed by atoms with E-state index in [1.807, 2.05) is 18.2 Å². The molecule has 6 heteroatoms. The first-order valence-corrected chi connectivity index (χ1v) is 11.0.